The lowest BCUT2D eigenvalue weighted by atomic mass is 9.94. The Morgan fingerprint density at radius 1 is 1.04 bits per heavy atom. The van der Waals surface area contributed by atoms with E-state index in [-0.39, 0.29) is 0 Å². The monoisotopic (exact) mass is 302 g/mol. The molecule has 0 aliphatic rings. The Bertz CT molecular complexity index is 864. The zero-order chi connectivity index (χ0) is 16.4. The number of nitrogens with one attached hydrogen (secondary N) is 1. The van der Waals surface area contributed by atoms with Gasteiger partial charge in [-0.2, -0.15) is 0 Å². The predicted octanol–water partition coefficient (Wildman–Crippen LogP) is 5.49. The lowest BCUT2D eigenvalue weighted by molar-refractivity contribution is 1.01. The van der Waals surface area contributed by atoms with Crippen molar-refractivity contribution in [3.63, 3.8) is 0 Å². The Hall–Kier alpha value is -2.48. The van der Waals surface area contributed by atoms with Gasteiger partial charge in [-0.15, -0.1) is 0 Å². The largest absolute Gasteiger partial charge is 0.310 e. The summed E-state index contributed by atoms with van der Waals surface area (Å²) in [6.45, 7) is 6.07. The van der Waals surface area contributed by atoms with Crippen LogP contribution in [0.2, 0.25) is 0 Å². The lowest BCUT2D eigenvalue weighted by Crippen LogP contribution is -1.98. The Balaban J connectivity index is 2.17. The quantitative estimate of drug-likeness (QED) is 0.635. The number of aryl methyl sites for hydroxylation is 3. The second kappa shape index (κ2) is 6.33. The molecule has 0 amide bonds. The van der Waals surface area contributed by atoms with E-state index in [1.807, 2.05) is 13.0 Å². The molecule has 0 atom stereocenters. The minimum absolute atomic E-state index is 0.728. The molecule has 2 aromatic carbocycles. The van der Waals surface area contributed by atoms with Crippen molar-refractivity contribution >= 4 is 16.6 Å². The molecule has 1 N–H and O–H groups in total. The average Bonchev–Trinajstić information content (AvgIpc) is 2.55. The molecule has 2 heteroatoms. The van der Waals surface area contributed by atoms with E-state index in [1.54, 1.807) is 0 Å². The molecule has 1 heterocycles. The van der Waals surface area contributed by atoms with Crippen molar-refractivity contribution in [3.05, 3.63) is 65.4 Å². The summed E-state index contributed by atoms with van der Waals surface area (Å²) >= 11 is 0. The fourth-order valence-electron chi connectivity index (χ4n) is 3.05. The molecule has 0 aliphatic heterocycles. The second-order valence-corrected chi connectivity index (χ2v) is 6.20. The van der Waals surface area contributed by atoms with Gasteiger partial charge in [-0.05, 0) is 61.9 Å². The Morgan fingerprint density at radius 2 is 1.78 bits per heavy atom. The normalized spacial score (nSPS) is 10.9. The molecule has 0 aliphatic carbocycles. The molecule has 116 valence electrons. The van der Waals surface area contributed by atoms with Crippen molar-refractivity contribution < 1.29 is 0 Å². The van der Waals surface area contributed by atoms with Gasteiger partial charge in [-0.1, -0.05) is 42.5 Å². The minimum atomic E-state index is 0.728. The third-order valence-electron chi connectivity index (χ3n) is 4.33. The van der Waals surface area contributed by atoms with Crippen LogP contribution in [0, 0.1) is 19.3 Å². The highest BCUT2D eigenvalue weighted by Gasteiger charge is 2.11. The van der Waals surface area contributed by atoms with Crippen LogP contribution in [0.1, 0.15) is 30.2 Å². The zero-order valence-corrected chi connectivity index (χ0v) is 14.0. The number of benzene rings is 2. The van der Waals surface area contributed by atoms with Gasteiger partial charge >= 0.3 is 0 Å². The molecule has 0 fully saturated rings. The third kappa shape index (κ3) is 3.16. The molecule has 0 bridgehead atoms. The number of rotatable bonds is 4. The number of hydrogen-bond acceptors (Lipinski definition) is 2. The number of pyridine rings is 1. The van der Waals surface area contributed by atoms with Gasteiger partial charge < -0.3 is 5.41 Å². The van der Waals surface area contributed by atoms with E-state index >= 15 is 0 Å². The van der Waals surface area contributed by atoms with Gasteiger partial charge in [0.25, 0.3) is 0 Å². The van der Waals surface area contributed by atoms with Crippen LogP contribution >= 0.6 is 0 Å². The van der Waals surface area contributed by atoms with E-state index in [1.165, 1.54) is 27.6 Å². The van der Waals surface area contributed by atoms with Crippen LogP contribution in [0.3, 0.4) is 0 Å². The first-order chi connectivity index (χ1) is 11.1. The number of fused-ring (bicyclic) bond motifs is 1. The Kier molecular flexibility index (Phi) is 4.24. The van der Waals surface area contributed by atoms with Gasteiger partial charge in [0.15, 0.2) is 0 Å². The Labute approximate surface area is 137 Å². The molecule has 2 nitrogen and oxygen atoms in total. The van der Waals surface area contributed by atoms with Crippen LogP contribution in [0.4, 0.5) is 0 Å². The molecule has 3 aromatic rings. The summed E-state index contributed by atoms with van der Waals surface area (Å²) in [7, 11) is 0. The molecule has 23 heavy (non-hydrogen) atoms. The molecular weight excluding hydrogens is 280 g/mol. The highest BCUT2D eigenvalue weighted by atomic mass is 14.7. The van der Waals surface area contributed by atoms with Crippen LogP contribution in [0.5, 0.6) is 0 Å². The average molecular weight is 302 g/mol. The van der Waals surface area contributed by atoms with Crippen LogP contribution in [0.25, 0.3) is 22.0 Å². The van der Waals surface area contributed by atoms with Crippen molar-refractivity contribution in [3.8, 4) is 11.1 Å². The maximum atomic E-state index is 7.64. The van der Waals surface area contributed by atoms with E-state index < -0.39 is 0 Å². The van der Waals surface area contributed by atoms with Crippen molar-refractivity contribution in [1.29, 1.82) is 5.41 Å². The summed E-state index contributed by atoms with van der Waals surface area (Å²) < 4.78 is 0. The van der Waals surface area contributed by atoms with Crippen molar-refractivity contribution in [2.45, 2.75) is 33.6 Å². The summed E-state index contributed by atoms with van der Waals surface area (Å²) in [4.78, 5) is 4.80. The number of aromatic nitrogens is 1. The number of hydrogen-bond donors (Lipinski definition) is 1. The van der Waals surface area contributed by atoms with E-state index in [0.717, 1.165) is 29.8 Å². The van der Waals surface area contributed by atoms with Crippen LogP contribution in [0.15, 0.2) is 48.5 Å². The third-order valence-corrected chi connectivity index (χ3v) is 4.33. The molecule has 0 saturated heterocycles. The summed E-state index contributed by atoms with van der Waals surface area (Å²) in [5.41, 5.74) is 7.86. The summed E-state index contributed by atoms with van der Waals surface area (Å²) in [6, 6.07) is 17.0. The van der Waals surface area contributed by atoms with Gasteiger partial charge in [0.1, 0.15) is 0 Å². The first-order valence-electron chi connectivity index (χ1n) is 8.05. The van der Waals surface area contributed by atoms with Crippen LogP contribution < -0.4 is 0 Å². The smallest absolute Gasteiger partial charge is 0.0743 e. The molecular formula is C21H22N2. The highest BCUT2D eigenvalue weighted by molar-refractivity contribution is 5.96. The van der Waals surface area contributed by atoms with Gasteiger partial charge in [-0.25, -0.2) is 0 Å². The predicted molar refractivity (Wildman–Crippen MR) is 98.4 cm³/mol. The number of nitrogens with zero attached hydrogens (tertiary/aromatic N) is 1. The second-order valence-electron chi connectivity index (χ2n) is 6.20. The maximum absolute atomic E-state index is 7.64. The van der Waals surface area contributed by atoms with Gasteiger partial charge in [-0.3, -0.25) is 4.98 Å². The molecule has 1 aromatic heterocycles. The Morgan fingerprint density at radius 3 is 2.48 bits per heavy atom. The highest BCUT2D eigenvalue weighted by Crippen LogP contribution is 2.31. The van der Waals surface area contributed by atoms with Crippen LogP contribution in [-0.4, -0.2) is 10.7 Å². The zero-order valence-electron chi connectivity index (χ0n) is 14.0. The standard InChI is InChI=1S/C21H22N2/c1-14(22)9-10-17-11-12-19-20(18-7-5-4-6-8-18)13-15(2)23-21(19)16(17)3/h4-8,11-13,22H,9-10H2,1-3H3. The lowest BCUT2D eigenvalue weighted by Gasteiger charge is -2.13. The van der Waals surface area contributed by atoms with E-state index in [4.69, 9.17) is 10.4 Å². The van der Waals surface area contributed by atoms with Crippen molar-refractivity contribution in [2.24, 2.45) is 0 Å². The fourth-order valence-corrected chi connectivity index (χ4v) is 3.05. The maximum Gasteiger partial charge on any atom is 0.0743 e. The first-order valence-corrected chi connectivity index (χ1v) is 8.05. The topological polar surface area (TPSA) is 36.7 Å². The summed E-state index contributed by atoms with van der Waals surface area (Å²) in [6.07, 6.45) is 1.72. The molecule has 0 saturated carbocycles. The minimum Gasteiger partial charge on any atom is -0.310 e. The first kappa shape index (κ1) is 15.4. The van der Waals surface area contributed by atoms with Gasteiger partial charge in [0, 0.05) is 16.8 Å². The van der Waals surface area contributed by atoms with Crippen molar-refractivity contribution in [2.75, 3.05) is 0 Å². The SMILES string of the molecule is CC(=N)CCc1ccc2c(-c3ccccc3)cc(C)nc2c1C. The van der Waals surface area contributed by atoms with E-state index in [2.05, 4.69) is 56.3 Å². The van der Waals surface area contributed by atoms with Crippen LogP contribution in [-0.2, 0) is 6.42 Å². The van der Waals surface area contributed by atoms with Gasteiger partial charge in [0.2, 0.25) is 0 Å². The van der Waals surface area contributed by atoms with E-state index in [0.29, 0.717) is 0 Å². The molecule has 0 unspecified atom stereocenters. The summed E-state index contributed by atoms with van der Waals surface area (Å²) in [5, 5.41) is 8.85. The van der Waals surface area contributed by atoms with E-state index in [9.17, 15) is 0 Å². The van der Waals surface area contributed by atoms with Crippen molar-refractivity contribution in [1.82, 2.24) is 4.98 Å². The summed E-state index contributed by atoms with van der Waals surface area (Å²) in [5.74, 6) is 0. The van der Waals surface area contributed by atoms with Gasteiger partial charge in [0.05, 0.1) is 5.52 Å². The molecule has 0 radical (unpaired) electrons. The fraction of sp³-hybridized carbons (Fsp3) is 0.238. The molecule has 3 rings (SSSR count). The molecule has 0 spiro atoms.